The summed E-state index contributed by atoms with van der Waals surface area (Å²) in [5.74, 6) is -0.0881. The minimum absolute atomic E-state index is 0.00318. The number of nitrogens with two attached hydrogens (primary N) is 1. The number of aryl methyl sites for hydroxylation is 1. The van der Waals surface area contributed by atoms with Gasteiger partial charge in [-0.05, 0) is 31.2 Å². The number of hydrogen-bond acceptors (Lipinski definition) is 6. The fourth-order valence-electron chi connectivity index (χ4n) is 2.78. The number of anilines is 1. The number of aromatic nitrogens is 4. The molecule has 0 radical (unpaired) electrons. The molecule has 1 aromatic carbocycles. The van der Waals surface area contributed by atoms with E-state index in [9.17, 15) is 14.4 Å². The molecule has 0 bridgehead atoms. The lowest BCUT2D eigenvalue weighted by molar-refractivity contribution is 0.0880. The van der Waals surface area contributed by atoms with E-state index in [1.165, 1.54) is 4.57 Å². The first kappa shape index (κ1) is 14.8. The highest BCUT2D eigenvalue weighted by atomic mass is 16.2. The monoisotopic (exact) mass is 336 g/mol. The molecule has 4 rings (SSSR count). The van der Waals surface area contributed by atoms with Crippen LogP contribution in [0.5, 0.6) is 0 Å². The lowest BCUT2D eigenvalue weighted by Gasteiger charge is -2.12. The van der Waals surface area contributed by atoms with Crippen molar-refractivity contribution < 1.29 is 9.59 Å². The minimum atomic E-state index is -0.619. The average molecular weight is 336 g/mol. The number of amides is 2. The third-order valence-corrected chi connectivity index (χ3v) is 3.93. The average Bonchev–Trinajstić information content (AvgIpc) is 3.12. The van der Waals surface area contributed by atoms with E-state index in [0.717, 1.165) is 11.6 Å². The van der Waals surface area contributed by atoms with E-state index in [1.807, 2.05) is 0 Å². The topological polar surface area (TPSA) is 136 Å². The molecular formula is C16H12N6O3. The van der Waals surface area contributed by atoms with E-state index in [0.29, 0.717) is 17.3 Å². The summed E-state index contributed by atoms with van der Waals surface area (Å²) in [7, 11) is 0. The summed E-state index contributed by atoms with van der Waals surface area (Å²) in [6.45, 7) is 1.79. The number of carbonyl (C=O) groups is 2. The number of pyridine rings is 1. The number of imide groups is 1. The highest BCUT2D eigenvalue weighted by Crippen LogP contribution is 2.24. The van der Waals surface area contributed by atoms with Crippen molar-refractivity contribution in [2.45, 2.75) is 6.92 Å². The number of carbonyl (C=O) groups excluding carboxylic acids is 2. The normalized spacial score (nSPS) is 13.0. The number of benzene rings is 1. The number of hydrogen-bond donors (Lipinski definition) is 3. The Kier molecular flexibility index (Phi) is 3.04. The quantitative estimate of drug-likeness (QED) is 0.579. The zero-order valence-corrected chi connectivity index (χ0v) is 13.0. The van der Waals surface area contributed by atoms with Crippen LogP contribution in [-0.4, -0.2) is 31.6 Å². The molecule has 4 N–H and O–H groups in total. The Labute approximate surface area is 140 Å². The highest BCUT2D eigenvalue weighted by Gasteiger charge is 2.31. The van der Waals surface area contributed by atoms with E-state index in [-0.39, 0.29) is 16.9 Å². The molecule has 2 amide bonds. The fraction of sp³-hybridized carbons (Fsp3) is 0.0625. The van der Waals surface area contributed by atoms with Crippen LogP contribution in [0, 0.1) is 6.92 Å². The zero-order chi connectivity index (χ0) is 17.7. The van der Waals surface area contributed by atoms with Crippen LogP contribution in [0.4, 0.5) is 5.82 Å². The van der Waals surface area contributed by atoms with Gasteiger partial charge in [0.15, 0.2) is 5.82 Å². The predicted molar refractivity (Wildman–Crippen MR) is 88.4 cm³/mol. The maximum Gasteiger partial charge on any atom is 0.262 e. The molecule has 0 aliphatic carbocycles. The second-order valence-electron chi connectivity index (χ2n) is 5.57. The molecule has 3 aromatic rings. The second kappa shape index (κ2) is 5.13. The number of rotatable bonds is 2. The molecule has 3 heterocycles. The number of H-pyrrole nitrogens is 1. The molecule has 0 unspecified atom stereocenters. The summed E-state index contributed by atoms with van der Waals surface area (Å²) in [4.78, 5) is 40.2. The van der Waals surface area contributed by atoms with Crippen LogP contribution in [0.1, 0.15) is 26.5 Å². The van der Waals surface area contributed by atoms with Crippen LogP contribution in [0.2, 0.25) is 0 Å². The number of nitrogens with zero attached hydrogens (tertiary/aromatic N) is 3. The maximum absolute atomic E-state index is 12.4. The van der Waals surface area contributed by atoms with Gasteiger partial charge in [0.2, 0.25) is 0 Å². The molecule has 0 spiro atoms. The Balaban J connectivity index is 1.83. The third-order valence-electron chi connectivity index (χ3n) is 3.93. The van der Waals surface area contributed by atoms with Gasteiger partial charge in [-0.3, -0.25) is 29.4 Å². The molecular weight excluding hydrogens is 324 g/mol. The minimum Gasteiger partial charge on any atom is -0.384 e. The predicted octanol–water partition coefficient (Wildman–Crippen LogP) is 0.397. The molecule has 25 heavy (non-hydrogen) atoms. The molecule has 0 saturated carbocycles. The van der Waals surface area contributed by atoms with Gasteiger partial charge < -0.3 is 5.73 Å². The van der Waals surface area contributed by atoms with Crippen molar-refractivity contribution in [3.63, 3.8) is 0 Å². The van der Waals surface area contributed by atoms with E-state index < -0.39 is 17.4 Å². The lowest BCUT2D eigenvalue weighted by Crippen LogP contribution is -2.24. The van der Waals surface area contributed by atoms with Crippen LogP contribution < -0.4 is 16.6 Å². The Morgan fingerprint density at radius 1 is 1.08 bits per heavy atom. The van der Waals surface area contributed by atoms with Gasteiger partial charge in [-0.25, -0.2) is 4.98 Å². The largest absolute Gasteiger partial charge is 0.384 e. The second-order valence-corrected chi connectivity index (χ2v) is 5.57. The summed E-state index contributed by atoms with van der Waals surface area (Å²) in [6, 6.07) is 7.92. The van der Waals surface area contributed by atoms with Crippen molar-refractivity contribution in [2.75, 3.05) is 5.73 Å². The van der Waals surface area contributed by atoms with Crippen molar-refractivity contribution in [2.24, 2.45) is 0 Å². The molecule has 0 fully saturated rings. The molecule has 9 nitrogen and oxygen atoms in total. The Hall–Kier alpha value is -3.75. The Morgan fingerprint density at radius 2 is 1.80 bits per heavy atom. The lowest BCUT2D eigenvalue weighted by atomic mass is 10.1. The van der Waals surface area contributed by atoms with E-state index in [4.69, 9.17) is 5.73 Å². The molecule has 0 saturated heterocycles. The van der Waals surface area contributed by atoms with Gasteiger partial charge in [-0.15, -0.1) is 0 Å². The van der Waals surface area contributed by atoms with E-state index in [1.54, 1.807) is 31.2 Å². The van der Waals surface area contributed by atoms with Crippen molar-refractivity contribution in [3.8, 4) is 17.1 Å². The third kappa shape index (κ3) is 2.21. The Morgan fingerprint density at radius 3 is 2.44 bits per heavy atom. The van der Waals surface area contributed by atoms with E-state index >= 15 is 0 Å². The summed E-state index contributed by atoms with van der Waals surface area (Å²) in [5.41, 5.74) is 6.73. The molecule has 124 valence electrons. The van der Waals surface area contributed by atoms with Crippen molar-refractivity contribution >= 4 is 17.6 Å². The van der Waals surface area contributed by atoms with E-state index in [2.05, 4.69) is 20.5 Å². The summed E-state index contributed by atoms with van der Waals surface area (Å²) in [5, 5.41) is 8.96. The summed E-state index contributed by atoms with van der Waals surface area (Å²) < 4.78 is 1.18. The number of aromatic amines is 1. The van der Waals surface area contributed by atoms with Crippen molar-refractivity contribution in [1.29, 1.82) is 0 Å². The highest BCUT2D eigenvalue weighted by molar-refractivity contribution is 6.23. The molecule has 9 heteroatoms. The van der Waals surface area contributed by atoms with Gasteiger partial charge in [0, 0.05) is 11.6 Å². The summed E-state index contributed by atoms with van der Waals surface area (Å²) >= 11 is 0. The Bertz CT molecular complexity index is 1090. The first-order chi connectivity index (χ1) is 12.0. The summed E-state index contributed by atoms with van der Waals surface area (Å²) in [6.07, 6.45) is 0. The van der Waals surface area contributed by atoms with Gasteiger partial charge in [0.25, 0.3) is 17.4 Å². The molecule has 0 atom stereocenters. The van der Waals surface area contributed by atoms with Gasteiger partial charge >= 0.3 is 0 Å². The van der Waals surface area contributed by atoms with Gasteiger partial charge in [0.1, 0.15) is 11.6 Å². The van der Waals surface area contributed by atoms with Crippen LogP contribution in [-0.2, 0) is 0 Å². The van der Waals surface area contributed by atoms with Gasteiger partial charge in [-0.2, -0.15) is 5.10 Å². The van der Waals surface area contributed by atoms with Crippen LogP contribution in [0.25, 0.3) is 17.1 Å². The number of fused-ring (bicyclic) bond motifs is 1. The maximum atomic E-state index is 12.4. The van der Waals surface area contributed by atoms with Gasteiger partial charge in [0.05, 0.1) is 16.8 Å². The SMILES string of the molecule is Cc1nc(-c2ccc(-n3c(N)c4c(cc3=O)C(=O)NC4=O)cc2)n[nH]1. The molecule has 1 aliphatic rings. The smallest absolute Gasteiger partial charge is 0.262 e. The number of nitrogen functional groups attached to an aromatic ring is 1. The zero-order valence-electron chi connectivity index (χ0n) is 13.0. The molecule has 1 aliphatic heterocycles. The van der Waals surface area contributed by atoms with Crippen LogP contribution in [0.3, 0.4) is 0 Å². The molecule has 2 aromatic heterocycles. The van der Waals surface area contributed by atoms with Crippen molar-refractivity contribution in [1.82, 2.24) is 25.1 Å². The first-order valence-corrected chi connectivity index (χ1v) is 7.37. The fourth-order valence-corrected chi connectivity index (χ4v) is 2.78. The van der Waals surface area contributed by atoms with Crippen molar-refractivity contribution in [3.05, 3.63) is 57.6 Å². The van der Waals surface area contributed by atoms with Crippen LogP contribution >= 0.6 is 0 Å². The standard InChI is InChI=1S/C16H12N6O3/c1-7-18-14(21-20-7)8-2-4-9(5-3-8)22-11(23)6-10-12(13(22)17)16(25)19-15(10)24/h2-6H,17H2,1H3,(H,18,20,21)(H,19,24,25). The first-order valence-electron chi connectivity index (χ1n) is 7.37. The van der Waals surface area contributed by atoms with Gasteiger partial charge in [-0.1, -0.05) is 0 Å². The number of nitrogens with one attached hydrogen (secondary N) is 2. The van der Waals surface area contributed by atoms with Crippen LogP contribution in [0.15, 0.2) is 35.1 Å².